The number of dihydropyridines is 1. The van der Waals surface area contributed by atoms with Crippen molar-refractivity contribution in [3.05, 3.63) is 62.5 Å². The average molecular weight is 488 g/mol. The summed E-state index contributed by atoms with van der Waals surface area (Å²) in [6.45, 7) is 10.8. The smallest absolute Gasteiger partial charge is 0.336 e. The number of carbonyl (C=O) groups is 3. The number of ether oxygens (including phenoxy) is 2. The monoisotopic (exact) mass is 487 g/mol. The van der Waals surface area contributed by atoms with E-state index < -0.39 is 34.7 Å². The zero-order valence-corrected chi connectivity index (χ0v) is 21.0. The molecule has 2 N–H and O–H groups in total. The summed E-state index contributed by atoms with van der Waals surface area (Å²) in [5, 5.41) is 17.2. The van der Waals surface area contributed by atoms with Gasteiger partial charge in [0.2, 0.25) is 0 Å². The lowest BCUT2D eigenvalue weighted by Crippen LogP contribution is -2.47. The van der Waals surface area contributed by atoms with Crippen LogP contribution in [0.2, 0.25) is 0 Å². The first kappa shape index (κ1) is 27.6. The first-order valence-electron chi connectivity index (χ1n) is 11.6. The van der Waals surface area contributed by atoms with Crippen molar-refractivity contribution < 1.29 is 28.8 Å². The minimum absolute atomic E-state index is 0.160. The van der Waals surface area contributed by atoms with Gasteiger partial charge in [-0.05, 0) is 38.7 Å². The number of amides is 1. The second-order valence-electron chi connectivity index (χ2n) is 8.57. The van der Waals surface area contributed by atoms with Crippen molar-refractivity contribution >= 4 is 23.5 Å². The molecule has 0 aromatic heterocycles. The van der Waals surface area contributed by atoms with Gasteiger partial charge in [-0.25, -0.2) is 9.59 Å². The van der Waals surface area contributed by atoms with Gasteiger partial charge < -0.3 is 20.1 Å². The van der Waals surface area contributed by atoms with Gasteiger partial charge in [-0.2, -0.15) is 0 Å². The molecule has 0 bridgehead atoms. The van der Waals surface area contributed by atoms with Crippen LogP contribution in [0.15, 0.2) is 46.8 Å². The Bertz CT molecular complexity index is 1060. The van der Waals surface area contributed by atoms with Crippen LogP contribution < -0.4 is 10.6 Å². The number of allylic oxidation sites excluding steroid dienone is 2. The fourth-order valence-electron chi connectivity index (χ4n) is 3.94. The molecule has 190 valence electrons. The van der Waals surface area contributed by atoms with Crippen molar-refractivity contribution in [2.24, 2.45) is 5.92 Å². The van der Waals surface area contributed by atoms with Crippen LogP contribution in [0.1, 0.15) is 59.4 Å². The summed E-state index contributed by atoms with van der Waals surface area (Å²) in [5.74, 6) is -3.00. The minimum atomic E-state index is -0.949. The van der Waals surface area contributed by atoms with Gasteiger partial charge >= 0.3 is 11.9 Å². The summed E-state index contributed by atoms with van der Waals surface area (Å²) in [5.41, 5.74) is 1.47. The Morgan fingerprint density at radius 2 is 1.77 bits per heavy atom. The molecule has 0 aliphatic carbocycles. The number of nitrogens with zero attached hydrogens (tertiary/aromatic N) is 1. The summed E-state index contributed by atoms with van der Waals surface area (Å²) in [6, 6.07) is 4.87. The lowest BCUT2D eigenvalue weighted by molar-refractivity contribution is -0.384. The van der Waals surface area contributed by atoms with Crippen LogP contribution in [0.5, 0.6) is 0 Å². The zero-order valence-electron chi connectivity index (χ0n) is 21.0. The number of hydrogen-bond acceptors (Lipinski definition) is 8. The Morgan fingerprint density at radius 3 is 2.34 bits per heavy atom. The van der Waals surface area contributed by atoms with Crippen LogP contribution >= 0.6 is 0 Å². The number of non-ortho nitro benzene ring substituents is 1. The van der Waals surface area contributed by atoms with E-state index in [1.54, 1.807) is 40.7 Å². The SMILES string of the molecule is CCCOC(=O)C1=C(C)NC(C)=C(C(=O)N[C@H](C(=O)OCC)C(C)C)[C@@H]1c1cccc([N+](=O)[O-])c1. The van der Waals surface area contributed by atoms with Gasteiger partial charge in [0.1, 0.15) is 6.04 Å². The first-order chi connectivity index (χ1) is 16.5. The molecule has 0 radical (unpaired) electrons. The van der Waals surface area contributed by atoms with Crippen LogP contribution in [-0.4, -0.2) is 42.0 Å². The van der Waals surface area contributed by atoms with Crippen molar-refractivity contribution in [1.29, 1.82) is 0 Å². The third kappa shape index (κ3) is 6.46. The van der Waals surface area contributed by atoms with Crippen LogP contribution in [0.4, 0.5) is 5.69 Å². The second kappa shape index (κ2) is 12.1. The Balaban J connectivity index is 2.62. The van der Waals surface area contributed by atoms with Crippen molar-refractivity contribution in [2.45, 2.75) is 59.9 Å². The fraction of sp³-hybridized carbons (Fsp3) is 0.480. The number of esters is 2. The van der Waals surface area contributed by atoms with E-state index in [-0.39, 0.29) is 36.0 Å². The highest BCUT2D eigenvalue weighted by molar-refractivity contribution is 6.03. The fourth-order valence-corrected chi connectivity index (χ4v) is 3.94. The summed E-state index contributed by atoms with van der Waals surface area (Å²) in [4.78, 5) is 50.1. The van der Waals surface area contributed by atoms with E-state index in [1.165, 1.54) is 18.2 Å². The number of nitro groups is 1. The van der Waals surface area contributed by atoms with Gasteiger partial charge in [-0.3, -0.25) is 14.9 Å². The molecular weight excluding hydrogens is 454 g/mol. The van der Waals surface area contributed by atoms with Gasteiger partial charge in [0.15, 0.2) is 0 Å². The molecule has 0 fully saturated rings. The highest BCUT2D eigenvalue weighted by Gasteiger charge is 2.39. The van der Waals surface area contributed by atoms with Crippen LogP contribution in [0.25, 0.3) is 0 Å². The number of nitro benzene ring substituents is 1. The summed E-state index contributed by atoms with van der Waals surface area (Å²) >= 11 is 0. The predicted octanol–water partition coefficient (Wildman–Crippen LogP) is 3.49. The molecule has 1 aromatic carbocycles. The molecule has 0 unspecified atom stereocenters. The van der Waals surface area contributed by atoms with E-state index in [1.807, 2.05) is 6.92 Å². The maximum atomic E-state index is 13.6. The highest BCUT2D eigenvalue weighted by atomic mass is 16.6. The van der Waals surface area contributed by atoms with E-state index in [9.17, 15) is 24.5 Å². The number of rotatable bonds is 10. The van der Waals surface area contributed by atoms with Crippen molar-refractivity contribution in [3.8, 4) is 0 Å². The van der Waals surface area contributed by atoms with Crippen molar-refractivity contribution in [1.82, 2.24) is 10.6 Å². The Kier molecular flexibility index (Phi) is 9.56. The Morgan fingerprint density at radius 1 is 1.11 bits per heavy atom. The van der Waals surface area contributed by atoms with E-state index in [2.05, 4.69) is 10.6 Å². The predicted molar refractivity (Wildman–Crippen MR) is 129 cm³/mol. The molecule has 0 saturated heterocycles. The van der Waals surface area contributed by atoms with Gasteiger partial charge in [0.25, 0.3) is 11.6 Å². The molecule has 0 saturated carbocycles. The normalized spacial score (nSPS) is 16.5. The molecule has 2 rings (SSSR count). The third-order valence-corrected chi connectivity index (χ3v) is 5.57. The highest BCUT2D eigenvalue weighted by Crippen LogP contribution is 2.39. The van der Waals surface area contributed by atoms with Crippen LogP contribution in [-0.2, 0) is 23.9 Å². The van der Waals surface area contributed by atoms with Crippen molar-refractivity contribution in [3.63, 3.8) is 0 Å². The maximum absolute atomic E-state index is 13.6. The third-order valence-electron chi connectivity index (χ3n) is 5.57. The molecular formula is C25H33N3O7. The average Bonchev–Trinajstić information content (AvgIpc) is 2.80. The molecule has 10 heteroatoms. The zero-order chi connectivity index (χ0) is 26.3. The topological polar surface area (TPSA) is 137 Å². The molecule has 35 heavy (non-hydrogen) atoms. The summed E-state index contributed by atoms with van der Waals surface area (Å²) in [7, 11) is 0. The van der Waals surface area contributed by atoms with Gasteiger partial charge in [-0.15, -0.1) is 0 Å². The molecule has 1 aromatic rings. The van der Waals surface area contributed by atoms with E-state index >= 15 is 0 Å². The lowest BCUT2D eigenvalue weighted by atomic mass is 9.79. The second-order valence-corrected chi connectivity index (χ2v) is 8.57. The number of carbonyl (C=O) groups excluding carboxylic acids is 3. The Hall–Kier alpha value is -3.69. The number of nitrogens with one attached hydrogen (secondary N) is 2. The van der Waals surface area contributed by atoms with Crippen LogP contribution in [0.3, 0.4) is 0 Å². The maximum Gasteiger partial charge on any atom is 0.336 e. The molecule has 2 atom stereocenters. The largest absolute Gasteiger partial charge is 0.464 e. The van der Waals surface area contributed by atoms with Crippen LogP contribution in [0, 0.1) is 16.0 Å². The lowest BCUT2D eigenvalue weighted by Gasteiger charge is -2.32. The Labute approximate surface area is 204 Å². The van der Waals surface area contributed by atoms with Gasteiger partial charge in [0.05, 0.1) is 29.6 Å². The molecule has 1 heterocycles. The molecule has 10 nitrogen and oxygen atoms in total. The van der Waals surface area contributed by atoms with Gasteiger partial charge in [-0.1, -0.05) is 32.9 Å². The first-order valence-corrected chi connectivity index (χ1v) is 11.6. The molecule has 0 spiro atoms. The summed E-state index contributed by atoms with van der Waals surface area (Å²) < 4.78 is 10.5. The number of benzene rings is 1. The number of hydrogen-bond donors (Lipinski definition) is 2. The summed E-state index contributed by atoms with van der Waals surface area (Å²) in [6.07, 6.45) is 0.602. The van der Waals surface area contributed by atoms with E-state index in [4.69, 9.17) is 9.47 Å². The molecule has 1 amide bonds. The van der Waals surface area contributed by atoms with E-state index in [0.717, 1.165) is 0 Å². The quantitative estimate of drug-likeness (QED) is 0.291. The standard InChI is InChI=1S/C25H33N3O7/c1-7-12-35-24(30)20-16(6)26-15(5)19(21(20)17-10-9-11-18(13-17)28(32)33)23(29)27-22(14(3)4)25(31)34-8-2/h9-11,13-14,21-22,26H,7-8,12H2,1-6H3,(H,27,29)/t21-,22-/m0/s1. The van der Waals surface area contributed by atoms with Crippen molar-refractivity contribution in [2.75, 3.05) is 13.2 Å². The molecule has 1 aliphatic rings. The van der Waals surface area contributed by atoms with E-state index in [0.29, 0.717) is 23.4 Å². The minimum Gasteiger partial charge on any atom is -0.464 e. The molecule has 1 aliphatic heterocycles. The van der Waals surface area contributed by atoms with Gasteiger partial charge in [0, 0.05) is 29.1 Å².